The second-order valence-electron chi connectivity index (χ2n) is 8.98. The molecule has 1 aliphatic carbocycles. The average Bonchev–Trinajstić information content (AvgIpc) is 3.59. The van der Waals surface area contributed by atoms with Crippen LogP contribution in [0.4, 0.5) is 8.78 Å². The van der Waals surface area contributed by atoms with Gasteiger partial charge in [-0.05, 0) is 43.9 Å². The first-order valence-electron chi connectivity index (χ1n) is 11.7. The Labute approximate surface area is 200 Å². The zero-order valence-electron chi connectivity index (χ0n) is 19.8. The number of pyridine rings is 1. The molecule has 10 heteroatoms. The summed E-state index contributed by atoms with van der Waals surface area (Å²) in [7, 11) is 3.16. The van der Waals surface area contributed by atoms with Gasteiger partial charge in [0.05, 0.1) is 23.7 Å². The van der Waals surface area contributed by atoms with Gasteiger partial charge >= 0.3 is 0 Å². The van der Waals surface area contributed by atoms with Crippen LogP contribution in [0.2, 0.25) is 0 Å². The fourth-order valence-corrected chi connectivity index (χ4v) is 4.41. The van der Waals surface area contributed by atoms with Crippen molar-refractivity contribution in [2.75, 3.05) is 7.11 Å². The summed E-state index contributed by atoms with van der Waals surface area (Å²) in [6.45, 7) is 2.03. The van der Waals surface area contributed by atoms with Crippen LogP contribution in [-0.4, -0.2) is 36.9 Å². The van der Waals surface area contributed by atoms with Crippen LogP contribution < -0.4 is 5.56 Å². The smallest absolute Gasteiger partial charge is 0.277 e. The monoisotopic (exact) mass is 480 g/mol. The van der Waals surface area contributed by atoms with E-state index in [1.807, 2.05) is 24.0 Å². The molecule has 0 saturated heterocycles. The lowest BCUT2D eigenvalue weighted by molar-refractivity contribution is 0.0879. The van der Waals surface area contributed by atoms with Gasteiger partial charge in [0.1, 0.15) is 22.8 Å². The van der Waals surface area contributed by atoms with Crippen molar-refractivity contribution in [3.63, 3.8) is 0 Å². The summed E-state index contributed by atoms with van der Waals surface area (Å²) in [4.78, 5) is 17.7. The van der Waals surface area contributed by atoms with Crippen molar-refractivity contribution in [1.29, 1.82) is 0 Å². The van der Waals surface area contributed by atoms with E-state index in [1.165, 1.54) is 13.1 Å². The molecule has 8 nitrogen and oxygen atoms in total. The molecule has 1 saturated carbocycles. The van der Waals surface area contributed by atoms with Crippen LogP contribution >= 0.6 is 0 Å². The van der Waals surface area contributed by atoms with E-state index in [2.05, 4.69) is 15.4 Å². The number of methoxy groups -OCH3 is 1. The van der Waals surface area contributed by atoms with Gasteiger partial charge in [-0.3, -0.25) is 14.5 Å². The third kappa shape index (κ3) is 4.45. The Hall–Kier alpha value is -3.53. The fourth-order valence-electron chi connectivity index (χ4n) is 4.41. The Bertz CT molecular complexity index is 1450. The molecule has 0 bridgehead atoms. The second kappa shape index (κ2) is 9.26. The first kappa shape index (κ1) is 23.2. The van der Waals surface area contributed by atoms with Gasteiger partial charge in [-0.15, -0.1) is 5.10 Å². The highest BCUT2D eigenvalue weighted by Crippen LogP contribution is 2.38. The number of ether oxygens (including phenoxy) is 1. The lowest BCUT2D eigenvalue weighted by Gasteiger charge is -2.22. The number of nitrogens with zero attached hydrogens (tertiary/aromatic N) is 6. The molecule has 3 heterocycles. The van der Waals surface area contributed by atoms with Crippen LogP contribution in [0.15, 0.2) is 41.5 Å². The molecule has 1 fully saturated rings. The van der Waals surface area contributed by atoms with Gasteiger partial charge in [0.2, 0.25) is 0 Å². The summed E-state index contributed by atoms with van der Waals surface area (Å²) in [6.07, 6.45) is 7.20. The molecule has 2 atom stereocenters. The van der Waals surface area contributed by atoms with Gasteiger partial charge in [0.15, 0.2) is 0 Å². The van der Waals surface area contributed by atoms with Gasteiger partial charge in [-0.2, -0.15) is 5.10 Å². The van der Waals surface area contributed by atoms with Crippen molar-refractivity contribution in [3.05, 3.63) is 69.9 Å². The second-order valence-corrected chi connectivity index (χ2v) is 8.98. The van der Waals surface area contributed by atoms with E-state index in [9.17, 15) is 13.6 Å². The topological polar surface area (TPSA) is 87.7 Å². The summed E-state index contributed by atoms with van der Waals surface area (Å²) < 4.78 is 37.3. The summed E-state index contributed by atoms with van der Waals surface area (Å²) in [5.74, 6) is -1.59. The first-order chi connectivity index (χ1) is 16.9. The van der Waals surface area contributed by atoms with E-state index in [1.54, 1.807) is 13.2 Å². The molecule has 5 rings (SSSR count). The highest BCUT2D eigenvalue weighted by atomic mass is 19.1. The Balaban J connectivity index is 1.59. The number of hydrogen-bond donors (Lipinski definition) is 0. The molecule has 1 aromatic carbocycles. The number of rotatable bonds is 8. The predicted octanol–water partition coefficient (Wildman–Crippen LogP) is 4.47. The molecule has 0 spiro atoms. The largest absolute Gasteiger partial charge is 0.377 e. The molecule has 35 heavy (non-hydrogen) atoms. The molecular formula is C25H26F2N6O2. The molecular weight excluding hydrogens is 454 g/mol. The van der Waals surface area contributed by atoms with Crippen molar-refractivity contribution in [1.82, 2.24) is 29.8 Å². The van der Waals surface area contributed by atoms with Gasteiger partial charge in [0, 0.05) is 49.2 Å². The van der Waals surface area contributed by atoms with E-state index < -0.39 is 11.6 Å². The van der Waals surface area contributed by atoms with Crippen molar-refractivity contribution >= 4 is 10.9 Å². The lowest BCUT2D eigenvalue weighted by atomic mass is 9.91. The summed E-state index contributed by atoms with van der Waals surface area (Å²) in [6, 6.07) is 5.42. The van der Waals surface area contributed by atoms with Crippen molar-refractivity contribution in [2.45, 2.75) is 50.7 Å². The van der Waals surface area contributed by atoms with Gasteiger partial charge < -0.3 is 4.74 Å². The van der Waals surface area contributed by atoms with Crippen molar-refractivity contribution < 1.29 is 13.5 Å². The highest BCUT2D eigenvalue weighted by molar-refractivity contribution is 5.91. The average molecular weight is 481 g/mol. The zero-order chi connectivity index (χ0) is 24.7. The third-order valence-corrected chi connectivity index (χ3v) is 6.61. The van der Waals surface area contributed by atoms with E-state index in [4.69, 9.17) is 9.72 Å². The molecule has 0 N–H and O–H groups in total. The van der Waals surface area contributed by atoms with Crippen molar-refractivity contribution in [3.8, 4) is 11.3 Å². The van der Waals surface area contributed by atoms with Gasteiger partial charge in [-0.1, -0.05) is 12.1 Å². The number of halogens is 2. The van der Waals surface area contributed by atoms with Crippen LogP contribution in [0.5, 0.6) is 0 Å². The Morgan fingerprint density at radius 1 is 1.23 bits per heavy atom. The number of hydrogen-bond acceptors (Lipinski definition) is 6. The molecule has 182 valence electrons. The van der Waals surface area contributed by atoms with E-state index >= 15 is 0 Å². The minimum atomic E-state index is -0.784. The summed E-state index contributed by atoms with van der Waals surface area (Å²) in [5.41, 5.74) is 1.61. The highest BCUT2D eigenvalue weighted by Gasteiger charge is 2.27. The minimum Gasteiger partial charge on any atom is -0.377 e. The van der Waals surface area contributed by atoms with E-state index in [0.29, 0.717) is 24.6 Å². The first-order valence-corrected chi connectivity index (χ1v) is 11.7. The van der Waals surface area contributed by atoms with Crippen LogP contribution in [0.3, 0.4) is 0 Å². The quantitative estimate of drug-likeness (QED) is 0.370. The molecule has 0 radical (unpaired) electrons. The molecule has 1 unspecified atom stereocenters. The number of aryl methyl sites for hydroxylation is 1. The molecule has 0 amide bonds. The predicted molar refractivity (Wildman–Crippen MR) is 126 cm³/mol. The third-order valence-electron chi connectivity index (χ3n) is 6.61. The zero-order valence-corrected chi connectivity index (χ0v) is 19.8. The Kier molecular flexibility index (Phi) is 6.14. The van der Waals surface area contributed by atoms with Crippen molar-refractivity contribution in [2.24, 2.45) is 7.05 Å². The van der Waals surface area contributed by atoms with E-state index in [0.717, 1.165) is 35.2 Å². The van der Waals surface area contributed by atoms with Crippen LogP contribution in [0.1, 0.15) is 61.9 Å². The molecule has 1 aliphatic rings. The maximum atomic E-state index is 14.8. The maximum absolute atomic E-state index is 14.8. The minimum absolute atomic E-state index is 0.0599. The number of benzene rings is 1. The van der Waals surface area contributed by atoms with Gasteiger partial charge in [-0.25, -0.2) is 13.5 Å². The Morgan fingerprint density at radius 3 is 2.71 bits per heavy atom. The molecule has 0 aliphatic heterocycles. The molecule has 4 aromatic rings. The lowest BCUT2D eigenvalue weighted by Crippen LogP contribution is -2.22. The maximum Gasteiger partial charge on any atom is 0.277 e. The Morgan fingerprint density at radius 2 is 2.03 bits per heavy atom. The van der Waals surface area contributed by atoms with Crippen LogP contribution in [0, 0.1) is 11.6 Å². The van der Waals surface area contributed by atoms with Gasteiger partial charge in [0.25, 0.3) is 5.56 Å². The van der Waals surface area contributed by atoms with Crippen LogP contribution in [0.25, 0.3) is 22.2 Å². The van der Waals surface area contributed by atoms with E-state index in [-0.39, 0.29) is 39.7 Å². The number of fused-ring (bicyclic) bond motifs is 1. The molecule has 3 aromatic heterocycles. The summed E-state index contributed by atoms with van der Waals surface area (Å²) >= 11 is 0. The fraction of sp³-hybridized carbons (Fsp3) is 0.400. The van der Waals surface area contributed by atoms with Crippen LogP contribution in [-0.2, 0) is 11.8 Å². The summed E-state index contributed by atoms with van der Waals surface area (Å²) in [5, 5.41) is 12.7. The normalized spacial score (nSPS) is 15.5. The number of aromatic nitrogens is 6. The standard InChI is InChI=1S/C25H26F2N6O2/c1-4-14(9-22(35-3)15-12-28-33(13-15)17-6-7-17)21-11-19-24(30-31-32(2)25(19)34)23(29-21)18-8-5-16(26)10-20(18)27/h5,8,10-14,17,22H,4,6-7,9H2,1-3H3/t14?,22-/m1/s1. The SMILES string of the molecule is CCC(C[C@@H](OC)c1cnn(C2CC2)c1)c1cc2c(=O)n(C)nnc2c(-c2ccc(F)cc2F)n1.